The Labute approximate surface area is 152 Å². The minimum Gasteiger partial charge on any atom is -0.476 e. The van der Waals surface area contributed by atoms with Crippen LogP contribution in [0.4, 0.5) is 0 Å². The summed E-state index contributed by atoms with van der Waals surface area (Å²) >= 11 is 1.24. The number of nitrogens with one attached hydrogen (secondary N) is 1. The molecule has 136 valence electrons. The molecule has 0 bridgehead atoms. The Morgan fingerprint density at radius 2 is 1.92 bits per heavy atom. The number of hydrogen-bond donors (Lipinski definition) is 2. The van der Waals surface area contributed by atoms with Gasteiger partial charge in [0.15, 0.2) is 5.69 Å². The summed E-state index contributed by atoms with van der Waals surface area (Å²) in [6, 6.07) is 7.37. The topological polar surface area (TPSA) is 106 Å². The zero-order chi connectivity index (χ0) is 18.7. The third kappa shape index (κ3) is 3.52. The molecule has 2 N–H and O–H groups in total. The lowest BCUT2D eigenvalue weighted by atomic mass is 10.3. The van der Waals surface area contributed by atoms with Crippen LogP contribution in [-0.4, -0.2) is 37.6 Å². The van der Waals surface area contributed by atoms with E-state index in [1.54, 1.807) is 4.57 Å². The zero-order valence-corrected chi connectivity index (χ0v) is 15.0. The van der Waals surface area contributed by atoms with E-state index in [9.17, 15) is 14.4 Å². The summed E-state index contributed by atoms with van der Waals surface area (Å²) in [5.74, 6) is -1.34. The normalized spacial score (nSPS) is 11.0. The van der Waals surface area contributed by atoms with Crippen LogP contribution in [0, 0.1) is 0 Å². The van der Waals surface area contributed by atoms with Crippen LogP contribution in [0.1, 0.15) is 22.4 Å². The van der Waals surface area contributed by atoms with Crippen LogP contribution >= 0.6 is 11.3 Å². The third-order valence-electron chi connectivity index (χ3n) is 3.97. The largest absolute Gasteiger partial charge is 0.476 e. The highest BCUT2D eigenvalue weighted by molar-refractivity contribution is 7.09. The van der Waals surface area contributed by atoms with E-state index in [1.807, 2.05) is 31.2 Å². The van der Waals surface area contributed by atoms with Crippen molar-refractivity contribution in [3.8, 4) is 0 Å². The monoisotopic (exact) mass is 374 g/mol. The molecule has 0 saturated carbocycles. The van der Waals surface area contributed by atoms with E-state index >= 15 is 0 Å². The number of carboxylic acid groups (broad SMARTS) is 1. The van der Waals surface area contributed by atoms with Gasteiger partial charge in [-0.15, -0.1) is 11.3 Å². The fourth-order valence-electron chi connectivity index (χ4n) is 2.76. The molecule has 3 rings (SSSR count). The van der Waals surface area contributed by atoms with E-state index in [-0.39, 0.29) is 23.8 Å². The van der Waals surface area contributed by atoms with Crippen LogP contribution in [0.3, 0.4) is 0 Å². The molecule has 0 fully saturated rings. The molecular weight excluding hydrogens is 356 g/mol. The number of aromatic nitrogens is 3. The van der Waals surface area contributed by atoms with E-state index in [4.69, 9.17) is 5.11 Å². The van der Waals surface area contributed by atoms with Gasteiger partial charge in [-0.2, -0.15) is 0 Å². The molecule has 2 aromatic heterocycles. The number of carboxylic acids is 1. The summed E-state index contributed by atoms with van der Waals surface area (Å²) in [6.45, 7) is 2.68. The lowest BCUT2D eigenvalue weighted by Gasteiger charge is -2.05. The van der Waals surface area contributed by atoms with Crippen molar-refractivity contribution in [2.45, 2.75) is 26.4 Å². The van der Waals surface area contributed by atoms with Gasteiger partial charge in [-0.25, -0.2) is 14.6 Å². The molecule has 2 heterocycles. The highest BCUT2D eigenvalue weighted by Gasteiger charge is 2.14. The van der Waals surface area contributed by atoms with E-state index in [2.05, 4.69) is 10.3 Å². The molecule has 0 radical (unpaired) electrons. The predicted molar refractivity (Wildman–Crippen MR) is 97.7 cm³/mol. The number of para-hydroxylation sites is 2. The fourth-order valence-corrected chi connectivity index (χ4v) is 3.54. The number of aromatic carboxylic acids is 1. The number of amides is 1. The summed E-state index contributed by atoms with van der Waals surface area (Å²) in [7, 11) is 0. The summed E-state index contributed by atoms with van der Waals surface area (Å²) in [6.07, 6.45) is 0.440. The van der Waals surface area contributed by atoms with Gasteiger partial charge in [0.2, 0.25) is 5.91 Å². The van der Waals surface area contributed by atoms with Crippen molar-refractivity contribution in [3.05, 3.63) is 50.8 Å². The standard InChI is InChI=1S/C17H18N4O4S/c1-2-20-12-5-3-4-6-13(12)21(17(20)25)9-14(22)18-8-7-15-19-11(10-26-15)16(23)24/h3-6,10H,2,7-9H2,1H3,(H,18,22)(H,23,24). The SMILES string of the molecule is CCn1c(=O)n(CC(=O)NCCc2nc(C(=O)O)cs2)c2ccccc21. The van der Waals surface area contributed by atoms with Crippen molar-refractivity contribution in [1.29, 1.82) is 0 Å². The predicted octanol–water partition coefficient (Wildman–Crippen LogP) is 1.34. The molecule has 0 aliphatic heterocycles. The Bertz CT molecular complexity index is 1020. The Hall–Kier alpha value is -2.94. The van der Waals surface area contributed by atoms with Gasteiger partial charge in [-0.1, -0.05) is 12.1 Å². The van der Waals surface area contributed by atoms with Crippen LogP contribution in [0.15, 0.2) is 34.4 Å². The molecule has 8 nitrogen and oxygen atoms in total. The number of hydrogen-bond acceptors (Lipinski definition) is 5. The second kappa shape index (κ2) is 7.52. The molecular formula is C17H18N4O4S. The van der Waals surface area contributed by atoms with Gasteiger partial charge in [0, 0.05) is 24.9 Å². The summed E-state index contributed by atoms with van der Waals surface area (Å²) in [5, 5.41) is 13.7. The van der Waals surface area contributed by atoms with Crippen LogP contribution in [0.5, 0.6) is 0 Å². The molecule has 0 atom stereocenters. The average molecular weight is 374 g/mol. The Morgan fingerprint density at radius 1 is 1.23 bits per heavy atom. The molecule has 0 saturated heterocycles. The Kier molecular flexibility index (Phi) is 5.17. The quantitative estimate of drug-likeness (QED) is 0.649. The third-order valence-corrected chi connectivity index (χ3v) is 4.88. The molecule has 3 aromatic rings. The fraction of sp³-hybridized carbons (Fsp3) is 0.294. The molecule has 9 heteroatoms. The van der Waals surface area contributed by atoms with Crippen molar-refractivity contribution < 1.29 is 14.7 Å². The molecule has 0 unspecified atom stereocenters. The molecule has 0 spiro atoms. The minimum absolute atomic E-state index is 0.00949. The minimum atomic E-state index is -1.07. The van der Waals surface area contributed by atoms with Crippen molar-refractivity contribution in [2.75, 3.05) is 6.54 Å². The Morgan fingerprint density at radius 3 is 2.54 bits per heavy atom. The molecule has 26 heavy (non-hydrogen) atoms. The number of aryl methyl sites for hydroxylation is 1. The maximum absolute atomic E-state index is 12.5. The lowest BCUT2D eigenvalue weighted by molar-refractivity contribution is -0.121. The number of fused-ring (bicyclic) bond motifs is 1. The van der Waals surface area contributed by atoms with Crippen LogP contribution in [0.2, 0.25) is 0 Å². The van der Waals surface area contributed by atoms with Gasteiger partial charge in [-0.3, -0.25) is 13.9 Å². The number of rotatable bonds is 7. The number of carbonyl (C=O) groups excluding carboxylic acids is 1. The van der Waals surface area contributed by atoms with Crippen molar-refractivity contribution in [2.24, 2.45) is 0 Å². The zero-order valence-electron chi connectivity index (χ0n) is 14.1. The van der Waals surface area contributed by atoms with Crippen LogP contribution in [0.25, 0.3) is 11.0 Å². The second-order valence-corrected chi connectivity index (χ2v) is 6.58. The average Bonchev–Trinajstić information content (AvgIpc) is 3.19. The first-order valence-corrected chi connectivity index (χ1v) is 9.01. The first kappa shape index (κ1) is 17.9. The highest BCUT2D eigenvalue weighted by Crippen LogP contribution is 2.12. The van der Waals surface area contributed by atoms with Gasteiger partial charge in [-0.05, 0) is 19.1 Å². The van der Waals surface area contributed by atoms with Crippen LogP contribution < -0.4 is 11.0 Å². The number of thiazole rings is 1. The van der Waals surface area contributed by atoms with Gasteiger partial charge in [0.05, 0.1) is 16.0 Å². The molecule has 1 amide bonds. The van der Waals surface area contributed by atoms with E-state index in [0.29, 0.717) is 24.5 Å². The van der Waals surface area contributed by atoms with Gasteiger partial charge in [0.25, 0.3) is 0 Å². The number of carbonyl (C=O) groups is 2. The maximum Gasteiger partial charge on any atom is 0.355 e. The lowest BCUT2D eigenvalue weighted by Crippen LogP contribution is -2.34. The summed E-state index contributed by atoms with van der Waals surface area (Å²) < 4.78 is 3.09. The number of nitrogens with zero attached hydrogens (tertiary/aromatic N) is 3. The molecule has 0 aliphatic carbocycles. The van der Waals surface area contributed by atoms with Crippen molar-refractivity contribution in [3.63, 3.8) is 0 Å². The van der Waals surface area contributed by atoms with E-state index in [0.717, 1.165) is 11.0 Å². The summed E-state index contributed by atoms with van der Waals surface area (Å²) in [4.78, 5) is 39.5. The first-order valence-electron chi connectivity index (χ1n) is 8.13. The smallest absolute Gasteiger partial charge is 0.355 e. The summed E-state index contributed by atoms with van der Waals surface area (Å²) in [5.41, 5.74) is 1.32. The maximum atomic E-state index is 12.5. The second-order valence-electron chi connectivity index (χ2n) is 5.63. The Balaban J connectivity index is 1.65. The van der Waals surface area contributed by atoms with Crippen molar-refractivity contribution in [1.82, 2.24) is 19.4 Å². The molecule has 0 aliphatic rings. The highest BCUT2D eigenvalue weighted by atomic mass is 32.1. The van der Waals surface area contributed by atoms with Gasteiger partial charge < -0.3 is 10.4 Å². The van der Waals surface area contributed by atoms with E-state index < -0.39 is 5.97 Å². The van der Waals surface area contributed by atoms with Crippen molar-refractivity contribution >= 4 is 34.2 Å². The van der Waals surface area contributed by atoms with Gasteiger partial charge >= 0.3 is 11.7 Å². The first-order chi connectivity index (χ1) is 12.5. The number of imidazole rings is 1. The molecule has 1 aromatic carbocycles. The van der Waals surface area contributed by atoms with Gasteiger partial charge in [0.1, 0.15) is 6.54 Å². The van der Waals surface area contributed by atoms with E-state index in [1.165, 1.54) is 21.3 Å². The number of benzene rings is 1. The van der Waals surface area contributed by atoms with Crippen LogP contribution in [-0.2, 0) is 24.3 Å².